The topological polar surface area (TPSA) is 122 Å². The minimum atomic E-state index is -0.229. The Balaban J connectivity index is 1.26. The second-order valence-corrected chi connectivity index (χ2v) is 9.26. The first-order chi connectivity index (χ1) is 16.0. The second kappa shape index (κ2) is 7.14. The van der Waals surface area contributed by atoms with Gasteiger partial charge in [-0.05, 0) is 35.8 Å². The zero-order valence-corrected chi connectivity index (χ0v) is 18.5. The van der Waals surface area contributed by atoms with Crippen molar-refractivity contribution in [3.05, 3.63) is 76.2 Å². The molecule has 9 nitrogen and oxygen atoms in total. The number of aryl methyl sites for hydroxylation is 1. The molecule has 6 rings (SSSR count). The molecule has 4 heterocycles. The highest BCUT2D eigenvalue weighted by Crippen LogP contribution is 2.50. The number of fused-ring (bicyclic) bond motifs is 2. The third-order valence-corrected chi connectivity index (χ3v) is 7.49. The smallest absolute Gasteiger partial charge is 0.264 e. The molecule has 0 amide bonds. The van der Waals surface area contributed by atoms with Crippen molar-refractivity contribution in [1.82, 2.24) is 29.7 Å². The number of aromatic amines is 2. The lowest BCUT2D eigenvalue weighted by Crippen LogP contribution is -2.45. The number of hydrogen-bond acceptors (Lipinski definition) is 6. The fraction of sp³-hybridized carbons (Fsp3) is 0.333. The van der Waals surface area contributed by atoms with Gasteiger partial charge in [-0.25, -0.2) is 4.98 Å². The summed E-state index contributed by atoms with van der Waals surface area (Å²) in [6.45, 7) is 5.71. The summed E-state index contributed by atoms with van der Waals surface area (Å²) in [6.07, 6.45) is 6.32. The van der Waals surface area contributed by atoms with E-state index in [0.29, 0.717) is 28.2 Å². The van der Waals surface area contributed by atoms with Gasteiger partial charge in [0.25, 0.3) is 5.56 Å². The first kappa shape index (κ1) is 19.9. The molecular weight excluding hydrogens is 416 g/mol. The van der Waals surface area contributed by atoms with Crippen LogP contribution < -0.4 is 16.2 Å². The van der Waals surface area contributed by atoms with Crippen molar-refractivity contribution >= 4 is 22.6 Å². The van der Waals surface area contributed by atoms with E-state index in [-0.39, 0.29) is 17.0 Å². The Morgan fingerprint density at radius 1 is 1.27 bits per heavy atom. The van der Waals surface area contributed by atoms with E-state index in [9.17, 15) is 4.79 Å². The summed E-state index contributed by atoms with van der Waals surface area (Å²) in [5, 5.41) is 7.67. The molecule has 2 aliphatic rings. The number of hydrogen-bond donors (Lipinski definition) is 3. The molecule has 1 spiro atoms. The monoisotopic (exact) mass is 442 g/mol. The van der Waals surface area contributed by atoms with Crippen molar-refractivity contribution in [2.45, 2.75) is 25.3 Å². The van der Waals surface area contributed by atoms with E-state index < -0.39 is 0 Å². The van der Waals surface area contributed by atoms with Gasteiger partial charge in [-0.2, -0.15) is 10.1 Å². The standard InChI is InChI=1S/C24H26N8O/c1-14(17-12-26-13-31(17)2)19-18-21(30-29-19)27-23(28-22(18)33)32-9-7-24(8-10-32)11-15-5-3-4-6-16(15)20(24)25/h3-6,12-13,20H,1,7-11,25H2,2H3,(H2,27,28,29,30,33)/t20-/m1/s1. The Bertz CT molecular complexity index is 1440. The summed E-state index contributed by atoms with van der Waals surface area (Å²) in [5.41, 5.74) is 11.6. The van der Waals surface area contributed by atoms with Crippen LogP contribution in [0.5, 0.6) is 0 Å². The van der Waals surface area contributed by atoms with Crippen molar-refractivity contribution in [2.75, 3.05) is 18.0 Å². The van der Waals surface area contributed by atoms with Crippen molar-refractivity contribution in [3.8, 4) is 0 Å². The van der Waals surface area contributed by atoms with E-state index >= 15 is 0 Å². The molecule has 33 heavy (non-hydrogen) atoms. The maximum Gasteiger partial charge on any atom is 0.264 e. The molecule has 0 bridgehead atoms. The Labute approximate surface area is 190 Å². The van der Waals surface area contributed by atoms with Crippen LogP contribution >= 0.6 is 0 Å². The van der Waals surface area contributed by atoms with Gasteiger partial charge in [0.1, 0.15) is 5.39 Å². The molecule has 3 aromatic heterocycles. The highest BCUT2D eigenvalue weighted by molar-refractivity contribution is 5.91. The largest absolute Gasteiger partial charge is 0.342 e. The molecule has 1 aliphatic carbocycles. The zero-order valence-electron chi connectivity index (χ0n) is 18.5. The normalized spacial score (nSPS) is 19.3. The summed E-state index contributed by atoms with van der Waals surface area (Å²) < 4.78 is 1.85. The average Bonchev–Trinajstić information content (AvgIpc) is 3.51. The lowest BCUT2D eigenvalue weighted by Gasteiger charge is -2.42. The number of H-pyrrole nitrogens is 2. The lowest BCUT2D eigenvalue weighted by molar-refractivity contribution is 0.187. The van der Waals surface area contributed by atoms with Gasteiger partial charge in [0.15, 0.2) is 5.65 Å². The Hall–Kier alpha value is -3.72. The summed E-state index contributed by atoms with van der Waals surface area (Å²) in [6, 6.07) is 8.56. The first-order valence-electron chi connectivity index (χ1n) is 11.2. The summed E-state index contributed by atoms with van der Waals surface area (Å²) in [7, 11) is 1.88. The number of nitrogens with two attached hydrogens (primary N) is 1. The Kier molecular flexibility index (Phi) is 4.31. The quantitative estimate of drug-likeness (QED) is 0.448. The molecule has 1 fully saturated rings. The van der Waals surface area contributed by atoms with Crippen LogP contribution in [0, 0.1) is 5.41 Å². The predicted octanol–water partition coefficient (Wildman–Crippen LogP) is 2.28. The predicted molar refractivity (Wildman–Crippen MR) is 127 cm³/mol. The van der Waals surface area contributed by atoms with Gasteiger partial charge in [-0.1, -0.05) is 30.8 Å². The Morgan fingerprint density at radius 2 is 2.06 bits per heavy atom. The van der Waals surface area contributed by atoms with Gasteiger partial charge < -0.3 is 15.2 Å². The summed E-state index contributed by atoms with van der Waals surface area (Å²) in [4.78, 5) is 27.0. The third kappa shape index (κ3) is 2.96. The summed E-state index contributed by atoms with van der Waals surface area (Å²) in [5.74, 6) is 0.552. The maximum absolute atomic E-state index is 13.1. The molecule has 4 aromatic rings. The van der Waals surface area contributed by atoms with E-state index in [2.05, 4.69) is 60.9 Å². The van der Waals surface area contributed by atoms with Crippen LogP contribution in [0.25, 0.3) is 16.6 Å². The van der Waals surface area contributed by atoms with Gasteiger partial charge in [-0.3, -0.25) is 14.9 Å². The first-order valence-corrected chi connectivity index (χ1v) is 11.2. The molecule has 1 aliphatic heterocycles. The van der Waals surface area contributed by atoms with Gasteiger partial charge >= 0.3 is 0 Å². The number of benzene rings is 1. The molecule has 0 radical (unpaired) electrons. The summed E-state index contributed by atoms with van der Waals surface area (Å²) >= 11 is 0. The van der Waals surface area contributed by atoms with Crippen molar-refractivity contribution in [2.24, 2.45) is 18.2 Å². The minimum Gasteiger partial charge on any atom is -0.342 e. The average molecular weight is 443 g/mol. The van der Waals surface area contributed by atoms with Gasteiger partial charge in [0, 0.05) is 31.8 Å². The fourth-order valence-corrected chi connectivity index (χ4v) is 5.53. The fourth-order valence-electron chi connectivity index (χ4n) is 5.53. The van der Waals surface area contributed by atoms with Crippen LogP contribution in [0.3, 0.4) is 0 Å². The van der Waals surface area contributed by atoms with Crippen LogP contribution in [0.2, 0.25) is 0 Å². The van der Waals surface area contributed by atoms with Crippen LogP contribution in [-0.4, -0.2) is 42.8 Å². The molecule has 0 saturated carbocycles. The number of aromatic nitrogens is 6. The lowest BCUT2D eigenvalue weighted by atomic mass is 9.73. The zero-order chi connectivity index (χ0) is 22.7. The molecule has 1 saturated heterocycles. The van der Waals surface area contributed by atoms with Crippen LogP contribution in [0.4, 0.5) is 5.95 Å². The number of rotatable bonds is 3. The van der Waals surface area contributed by atoms with Crippen molar-refractivity contribution in [3.63, 3.8) is 0 Å². The highest BCUT2D eigenvalue weighted by Gasteiger charge is 2.46. The molecule has 9 heteroatoms. The number of anilines is 1. The number of imidazole rings is 1. The van der Waals surface area contributed by atoms with E-state index in [1.807, 2.05) is 11.6 Å². The van der Waals surface area contributed by atoms with Gasteiger partial charge in [0.2, 0.25) is 5.95 Å². The third-order valence-electron chi connectivity index (χ3n) is 7.49. The minimum absolute atomic E-state index is 0.0530. The highest BCUT2D eigenvalue weighted by atomic mass is 16.1. The van der Waals surface area contributed by atoms with Crippen molar-refractivity contribution < 1.29 is 0 Å². The van der Waals surface area contributed by atoms with Gasteiger partial charge in [-0.15, -0.1) is 0 Å². The van der Waals surface area contributed by atoms with E-state index in [4.69, 9.17) is 5.73 Å². The van der Waals surface area contributed by atoms with E-state index in [1.165, 1.54) is 11.1 Å². The SMILES string of the molecule is C=C(c1[nH]nc2nc(N3CCC4(CC3)Cc3ccccc3[C@H]4N)[nH]c(=O)c12)c1cncn1C. The van der Waals surface area contributed by atoms with Crippen LogP contribution in [-0.2, 0) is 13.5 Å². The van der Waals surface area contributed by atoms with Crippen molar-refractivity contribution in [1.29, 1.82) is 0 Å². The van der Waals surface area contributed by atoms with E-state index in [0.717, 1.165) is 38.0 Å². The molecule has 1 aromatic carbocycles. The number of piperidine rings is 1. The van der Waals surface area contributed by atoms with Crippen LogP contribution in [0.1, 0.15) is 41.4 Å². The molecule has 1 atom stereocenters. The number of nitrogens with one attached hydrogen (secondary N) is 2. The molecular formula is C24H26N8O. The maximum atomic E-state index is 13.1. The molecule has 4 N–H and O–H groups in total. The Morgan fingerprint density at radius 3 is 2.79 bits per heavy atom. The molecule has 0 unspecified atom stereocenters. The van der Waals surface area contributed by atoms with Crippen LogP contribution in [0.15, 0.2) is 48.2 Å². The van der Waals surface area contributed by atoms with E-state index in [1.54, 1.807) is 12.5 Å². The van der Waals surface area contributed by atoms with Gasteiger partial charge in [0.05, 0.1) is 23.9 Å². The molecule has 168 valence electrons. The number of nitrogens with zero attached hydrogens (tertiary/aromatic N) is 5. The second-order valence-electron chi connectivity index (χ2n) is 9.26.